The summed E-state index contributed by atoms with van der Waals surface area (Å²) >= 11 is 0. The lowest BCUT2D eigenvalue weighted by molar-refractivity contribution is 0.111. The van der Waals surface area contributed by atoms with E-state index in [1.807, 2.05) is 18.2 Å². The van der Waals surface area contributed by atoms with Crippen molar-refractivity contribution in [1.29, 1.82) is 0 Å². The van der Waals surface area contributed by atoms with Gasteiger partial charge in [0, 0.05) is 24.5 Å². The van der Waals surface area contributed by atoms with E-state index in [2.05, 4.69) is 20.0 Å². The number of rotatable bonds is 4. The number of aromatic nitrogens is 3. The highest BCUT2D eigenvalue weighted by Crippen LogP contribution is 2.32. The zero-order valence-electron chi connectivity index (χ0n) is 13.8. The first kappa shape index (κ1) is 15.9. The smallest absolute Gasteiger partial charge is 0.244 e. The molecule has 0 radical (unpaired) electrons. The van der Waals surface area contributed by atoms with Gasteiger partial charge in [0.2, 0.25) is 11.7 Å². The van der Waals surface area contributed by atoms with E-state index >= 15 is 0 Å². The number of benzene rings is 1. The maximum absolute atomic E-state index is 13.5. The van der Waals surface area contributed by atoms with Crippen LogP contribution in [0.25, 0.3) is 11.4 Å². The van der Waals surface area contributed by atoms with Gasteiger partial charge in [0.15, 0.2) is 0 Å². The topological polar surface area (TPSA) is 55.1 Å². The van der Waals surface area contributed by atoms with Gasteiger partial charge in [-0.2, -0.15) is 4.98 Å². The number of halogens is 1. The molecule has 0 amide bonds. The third kappa shape index (κ3) is 3.58. The number of nitrogens with zero attached hydrogens (tertiary/aromatic N) is 4. The molecule has 5 nitrogen and oxygen atoms in total. The van der Waals surface area contributed by atoms with Gasteiger partial charge in [0.1, 0.15) is 5.82 Å². The van der Waals surface area contributed by atoms with E-state index in [1.54, 1.807) is 24.5 Å². The molecule has 0 unspecified atom stereocenters. The lowest BCUT2D eigenvalue weighted by Gasteiger charge is -2.33. The Kier molecular flexibility index (Phi) is 4.52. The van der Waals surface area contributed by atoms with Crippen molar-refractivity contribution in [2.24, 2.45) is 0 Å². The van der Waals surface area contributed by atoms with Crippen molar-refractivity contribution in [3.05, 3.63) is 66.1 Å². The van der Waals surface area contributed by atoms with E-state index in [-0.39, 0.29) is 11.9 Å². The van der Waals surface area contributed by atoms with Crippen LogP contribution in [0.1, 0.15) is 36.8 Å². The second kappa shape index (κ2) is 7.11. The molecule has 4 rings (SSSR count). The zero-order valence-corrected chi connectivity index (χ0v) is 13.8. The van der Waals surface area contributed by atoms with Gasteiger partial charge in [0.25, 0.3) is 0 Å². The Morgan fingerprint density at radius 2 is 2.16 bits per heavy atom. The second-order valence-corrected chi connectivity index (χ2v) is 6.31. The van der Waals surface area contributed by atoms with Crippen molar-refractivity contribution in [1.82, 2.24) is 20.0 Å². The van der Waals surface area contributed by atoms with E-state index < -0.39 is 0 Å². The van der Waals surface area contributed by atoms with Gasteiger partial charge >= 0.3 is 0 Å². The van der Waals surface area contributed by atoms with E-state index in [4.69, 9.17) is 4.52 Å². The van der Waals surface area contributed by atoms with Crippen LogP contribution in [0, 0.1) is 5.82 Å². The van der Waals surface area contributed by atoms with Crippen LogP contribution in [-0.2, 0) is 6.54 Å². The predicted octanol–water partition coefficient (Wildman–Crippen LogP) is 4.00. The highest BCUT2D eigenvalue weighted by molar-refractivity contribution is 5.51. The summed E-state index contributed by atoms with van der Waals surface area (Å²) in [5.41, 5.74) is 1.80. The first-order valence-electron chi connectivity index (χ1n) is 8.52. The molecule has 0 bridgehead atoms. The van der Waals surface area contributed by atoms with Crippen molar-refractivity contribution in [2.45, 2.75) is 31.8 Å². The molecule has 1 saturated heterocycles. The van der Waals surface area contributed by atoms with Crippen LogP contribution in [0.15, 0.2) is 53.3 Å². The van der Waals surface area contributed by atoms with Crippen molar-refractivity contribution in [2.75, 3.05) is 6.54 Å². The fourth-order valence-electron chi connectivity index (χ4n) is 3.31. The number of pyridine rings is 1. The summed E-state index contributed by atoms with van der Waals surface area (Å²) in [5, 5.41) is 4.10. The number of hydrogen-bond donors (Lipinski definition) is 0. The maximum Gasteiger partial charge on any atom is 0.244 e. The largest absolute Gasteiger partial charge is 0.337 e. The molecule has 3 aromatic rings. The van der Waals surface area contributed by atoms with Crippen LogP contribution in [0.5, 0.6) is 0 Å². The second-order valence-electron chi connectivity index (χ2n) is 6.31. The summed E-state index contributed by atoms with van der Waals surface area (Å²) in [7, 11) is 0. The molecule has 25 heavy (non-hydrogen) atoms. The molecule has 1 fully saturated rings. The third-order valence-corrected chi connectivity index (χ3v) is 4.53. The summed E-state index contributed by atoms with van der Waals surface area (Å²) < 4.78 is 19.0. The first-order chi connectivity index (χ1) is 12.3. The van der Waals surface area contributed by atoms with Crippen molar-refractivity contribution in [3.63, 3.8) is 0 Å². The Morgan fingerprint density at radius 3 is 3.00 bits per heavy atom. The summed E-state index contributed by atoms with van der Waals surface area (Å²) in [4.78, 5) is 11.0. The molecule has 1 atom stereocenters. The predicted molar refractivity (Wildman–Crippen MR) is 90.9 cm³/mol. The summed E-state index contributed by atoms with van der Waals surface area (Å²) in [6.45, 7) is 1.61. The quantitative estimate of drug-likeness (QED) is 0.720. The maximum atomic E-state index is 13.5. The molecule has 128 valence electrons. The minimum Gasteiger partial charge on any atom is -0.337 e. The summed E-state index contributed by atoms with van der Waals surface area (Å²) in [5.74, 6) is 0.969. The Labute approximate surface area is 145 Å². The number of piperidine rings is 1. The van der Waals surface area contributed by atoms with Gasteiger partial charge < -0.3 is 4.52 Å². The molecule has 0 N–H and O–H groups in total. The average Bonchev–Trinajstić information content (AvgIpc) is 3.13. The molecule has 0 saturated carbocycles. The Morgan fingerprint density at radius 1 is 1.20 bits per heavy atom. The van der Waals surface area contributed by atoms with Crippen LogP contribution in [0.4, 0.5) is 4.39 Å². The molecular formula is C19H19FN4O. The molecule has 6 heteroatoms. The van der Waals surface area contributed by atoms with Crippen LogP contribution in [-0.4, -0.2) is 26.6 Å². The lowest BCUT2D eigenvalue weighted by Crippen LogP contribution is -2.33. The lowest BCUT2D eigenvalue weighted by atomic mass is 10.0. The van der Waals surface area contributed by atoms with Crippen molar-refractivity contribution < 1.29 is 8.91 Å². The standard InChI is InChI=1S/C19H19FN4O/c20-16-7-3-5-14(11-16)13-24-10-2-1-8-17(24)19-22-18(23-25-19)15-6-4-9-21-12-15/h3-7,9,11-12,17H,1-2,8,10,13H2/t17-/m1/s1. The number of likely N-dealkylation sites (tertiary alicyclic amines) is 1. The van der Waals surface area contributed by atoms with Crippen LogP contribution >= 0.6 is 0 Å². The minimum absolute atomic E-state index is 0.0648. The molecule has 1 aliphatic heterocycles. The van der Waals surface area contributed by atoms with Gasteiger partial charge in [-0.15, -0.1) is 0 Å². The van der Waals surface area contributed by atoms with Crippen LogP contribution in [0.2, 0.25) is 0 Å². The van der Waals surface area contributed by atoms with Gasteiger partial charge in [-0.3, -0.25) is 9.88 Å². The fourth-order valence-corrected chi connectivity index (χ4v) is 3.31. The highest BCUT2D eigenvalue weighted by atomic mass is 19.1. The molecule has 0 spiro atoms. The summed E-state index contributed by atoms with van der Waals surface area (Å²) in [6, 6.07) is 10.6. The van der Waals surface area contributed by atoms with Crippen LogP contribution in [0.3, 0.4) is 0 Å². The van der Waals surface area contributed by atoms with E-state index in [1.165, 1.54) is 6.07 Å². The number of hydrogen-bond acceptors (Lipinski definition) is 5. The minimum atomic E-state index is -0.206. The van der Waals surface area contributed by atoms with Gasteiger partial charge in [-0.1, -0.05) is 23.7 Å². The van der Waals surface area contributed by atoms with Crippen molar-refractivity contribution >= 4 is 0 Å². The zero-order chi connectivity index (χ0) is 17.1. The normalized spacial score (nSPS) is 18.4. The van der Waals surface area contributed by atoms with Crippen LogP contribution < -0.4 is 0 Å². The summed E-state index contributed by atoms with van der Waals surface area (Å²) in [6.07, 6.45) is 6.64. The molecular weight excluding hydrogens is 319 g/mol. The first-order valence-corrected chi connectivity index (χ1v) is 8.52. The van der Waals surface area contributed by atoms with E-state index in [0.717, 1.165) is 36.9 Å². The van der Waals surface area contributed by atoms with E-state index in [9.17, 15) is 4.39 Å². The molecule has 3 heterocycles. The SMILES string of the molecule is Fc1cccc(CN2CCCC[C@@H]2c2nc(-c3cccnc3)no2)c1. The fraction of sp³-hybridized carbons (Fsp3) is 0.316. The monoisotopic (exact) mass is 338 g/mol. The molecule has 2 aromatic heterocycles. The Bertz CT molecular complexity index is 836. The molecule has 0 aliphatic carbocycles. The Balaban J connectivity index is 1.56. The van der Waals surface area contributed by atoms with E-state index in [0.29, 0.717) is 18.3 Å². The Hall–Kier alpha value is -2.60. The highest BCUT2D eigenvalue weighted by Gasteiger charge is 2.29. The molecule has 1 aliphatic rings. The van der Waals surface area contributed by atoms with Gasteiger partial charge in [-0.25, -0.2) is 4.39 Å². The average molecular weight is 338 g/mol. The van der Waals surface area contributed by atoms with Gasteiger partial charge in [-0.05, 0) is 49.2 Å². The third-order valence-electron chi connectivity index (χ3n) is 4.53. The van der Waals surface area contributed by atoms with Crippen molar-refractivity contribution in [3.8, 4) is 11.4 Å². The molecule has 1 aromatic carbocycles. The van der Waals surface area contributed by atoms with Gasteiger partial charge in [0.05, 0.1) is 6.04 Å².